The minimum Gasteiger partial charge on any atom is -0.355 e. The first-order chi connectivity index (χ1) is 16.6. The van der Waals surface area contributed by atoms with Crippen LogP contribution in [0.5, 0.6) is 0 Å². The number of aromatic nitrogens is 2. The molecule has 0 spiro atoms. The molecule has 4 rings (SSSR count). The molecule has 6 heteroatoms. The van der Waals surface area contributed by atoms with E-state index in [0.29, 0.717) is 23.0 Å². The van der Waals surface area contributed by atoms with Crippen LogP contribution in [0.3, 0.4) is 0 Å². The second kappa shape index (κ2) is 11.5. The lowest BCUT2D eigenvalue weighted by Gasteiger charge is -2.20. The van der Waals surface area contributed by atoms with Crippen molar-refractivity contribution in [2.45, 2.75) is 24.4 Å². The summed E-state index contributed by atoms with van der Waals surface area (Å²) in [5.74, 6) is 1.49. The Morgan fingerprint density at radius 3 is 2.32 bits per heavy atom. The molecule has 1 aromatic heterocycles. The number of nitrogens with zero attached hydrogens (tertiary/aromatic N) is 3. The average molecular weight is 469 g/mol. The van der Waals surface area contributed by atoms with Crippen molar-refractivity contribution in [3.05, 3.63) is 108 Å². The van der Waals surface area contributed by atoms with Gasteiger partial charge < -0.3 is 10.2 Å². The van der Waals surface area contributed by atoms with Crippen molar-refractivity contribution in [1.29, 1.82) is 0 Å². The maximum atomic E-state index is 12.2. The second-order valence-electron chi connectivity index (χ2n) is 7.95. The number of hydrogen-bond donors (Lipinski definition) is 1. The zero-order valence-electron chi connectivity index (χ0n) is 19.4. The van der Waals surface area contributed by atoms with E-state index >= 15 is 0 Å². The van der Waals surface area contributed by atoms with E-state index in [0.717, 1.165) is 29.2 Å². The van der Waals surface area contributed by atoms with Gasteiger partial charge in [-0.25, -0.2) is 9.97 Å². The molecule has 172 valence electrons. The third-order valence-corrected chi connectivity index (χ3v) is 6.23. The maximum Gasteiger partial charge on any atom is 0.251 e. The molecule has 0 saturated carbocycles. The van der Waals surface area contributed by atoms with Crippen LogP contribution in [0.25, 0.3) is 11.3 Å². The largest absolute Gasteiger partial charge is 0.355 e. The molecule has 0 unspecified atom stereocenters. The van der Waals surface area contributed by atoms with Gasteiger partial charge in [0.05, 0.1) is 5.69 Å². The lowest BCUT2D eigenvalue weighted by atomic mass is 10.1. The highest BCUT2D eigenvalue weighted by molar-refractivity contribution is 7.98. The summed E-state index contributed by atoms with van der Waals surface area (Å²) in [7, 11) is 2.05. The molecule has 1 N–H and O–H groups in total. The summed E-state index contributed by atoms with van der Waals surface area (Å²) in [5, 5.41) is 3.56. The Bertz CT molecular complexity index is 1230. The molecule has 34 heavy (non-hydrogen) atoms. The van der Waals surface area contributed by atoms with Gasteiger partial charge in [0.2, 0.25) is 0 Å². The van der Waals surface area contributed by atoms with Crippen LogP contribution in [-0.4, -0.2) is 29.5 Å². The Hall–Kier alpha value is -3.64. The Kier molecular flexibility index (Phi) is 7.94. The van der Waals surface area contributed by atoms with Crippen molar-refractivity contribution in [1.82, 2.24) is 15.3 Å². The molecule has 0 radical (unpaired) electrons. The number of hydrogen-bond acceptors (Lipinski definition) is 5. The van der Waals surface area contributed by atoms with E-state index in [1.807, 2.05) is 68.6 Å². The molecule has 0 fully saturated rings. The third-order valence-electron chi connectivity index (χ3n) is 5.31. The van der Waals surface area contributed by atoms with Crippen LogP contribution in [0.2, 0.25) is 0 Å². The van der Waals surface area contributed by atoms with Crippen molar-refractivity contribution >= 4 is 23.5 Å². The van der Waals surface area contributed by atoms with Crippen LogP contribution in [-0.2, 0) is 12.3 Å². The molecule has 0 aliphatic rings. The fraction of sp³-hybridized carbons (Fsp3) is 0.179. The number of rotatable bonds is 9. The van der Waals surface area contributed by atoms with Gasteiger partial charge in [-0.3, -0.25) is 4.79 Å². The quantitative estimate of drug-likeness (QED) is 0.248. The number of carbonyl (C=O) groups excluding carboxylic acids is 1. The van der Waals surface area contributed by atoms with Gasteiger partial charge in [0.1, 0.15) is 5.82 Å². The molecular formula is C28H28N4OS. The topological polar surface area (TPSA) is 58.1 Å². The van der Waals surface area contributed by atoms with Gasteiger partial charge in [0.15, 0.2) is 5.16 Å². The van der Waals surface area contributed by atoms with E-state index in [2.05, 4.69) is 46.6 Å². The molecule has 3 aromatic carbocycles. The van der Waals surface area contributed by atoms with Crippen LogP contribution in [0.15, 0.2) is 96.2 Å². The normalized spacial score (nSPS) is 10.6. The number of benzene rings is 3. The van der Waals surface area contributed by atoms with Crippen molar-refractivity contribution < 1.29 is 4.79 Å². The predicted octanol–water partition coefficient (Wildman–Crippen LogP) is 5.82. The number of carbonyl (C=O) groups is 1. The Morgan fingerprint density at radius 2 is 1.59 bits per heavy atom. The predicted molar refractivity (Wildman–Crippen MR) is 140 cm³/mol. The fourth-order valence-corrected chi connectivity index (χ4v) is 4.38. The first kappa shape index (κ1) is 23.5. The lowest BCUT2D eigenvalue weighted by Crippen LogP contribution is -2.22. The van der Waals surface area contributed by atoms with Crippen LogP contribution in [0.4, 0.5) is 5.82 Å². The summed E-state index contributed by atoms with van der Waals surface area (Å²) in [6.07, 6.45) is 0. The van der Waals surface area contributed by atoms with Gasteiger partial charge in [-0.1, -0.05) is 84.6 Å². The summed E-state index contributed by atoms with van der Waals surface area (Å²) < 4.78 is 0. The minimum atomic E-state index is -0.0542. The molecule has 5 nitrogen and oxygen atoms in total. The van der Waals surface area contributed by atoms with E-state index in [4.69, 9.17) is 9.97 Å². The first-order valence-electron chi connectivity index (χ1n) is 11.3. The summed E-state index contributed by atoms with van der Waals surface area (Å²) in [4.78, 5) is 24.0. The number of amides is 1. The van der Waals surface area contributed by atoms with Gasteiger partial charge in [0, 0.05) is 43.1 Å². The van der Waals surface area contributed by atoms with Gasteiger partial charge >= 0.3 is 0 Å². The molecule has 0 atom stereocenters. The average Bonchev–Trinajstić information content (AvgIpc) is 2.89. The lowest BCUT2D eigenvalue weighted by molar-refractivity contribution is 0.0955. The molecule has 4 aromatic rings. The Morgan fingerprint density at radius 1 is 0.882 bits per heavy atom. The number of nitrogens with one attached hydrogen (secondary N) is 1. The monoisotopic (exact) mass is 468 g/mol. The van der Waals surface area contributed by atoms with Gasteiger partial charge in [0.25, 0.3) is 5.91 Å². The highest BCUT2D eigenvalue weighted by atomic mass is 32.2. The van der Waals surface area contributed by atoms with Crippen LogP contribution in [0.1, 0.15) is 28.4 Å². The van der Waals surface area contributed by atoms with Crippen LogP contribution >= 0.6 is 11.8 Å². The molecule has 1 heterocycles. The van der Waals surface area contributed by atoms with E-state index in [1.54, 1.807) is 11.8 Å². The maximum absolute atomic E-state index is 12.2. The van der Waals surface area contributed by atoms with E-state index in [1.165, 1.54) is 5.56 Å². The summed E-state index contributed by atoms with van der Waals surface area (Å²) in [6.45, 7) is 3.28. The molecule has 0 aliphatic heterocycles. The fourth-order valence-electron chi connectivity index (χ4n) is 3.58. The van der Waals surface area contributed by atoms with Gasteiger partial charge in [-0.15, -0.1) is 0 Å². The Labute approximate surface area is 205 Å². The van der Waals surface area contributed by atoms with Crippen LogP contribution < -0.4 is 10.2 Å². The van der Waals surface area contributed by atoms with Crippen molar-refractivity contribution in [3.8, 4) is 11.3 Å². The Balaban J connectivity index is 1.58. The molecule has 0 bridgehead atoms. The number of anilines is 1. The first-order valence-corrected chi connectivity index (χ1v) is 12.3. The zero-order chi connectivity index (χ0) is 23.8. The molecule has 0 saturated heterocycles. The van der Waals surface area contributed by atoms with Crippen molar-refractivity contribution in [2.24, 2.45) is 0 Å². The van der Waals surface area contributed by atoms with E-state index in [-0.39, 0.29) is 5.91 Å². The van der Waals surface area contributed by atoms with Crippen LogP contribution in [0, 0.1) is 0 Å². The van der Waals surface area contributed by atoms with Gasteiger partial charge in [-0.05, 0) is 30.2 Å². The zero-order valence-corrected chi connectivity index (χ0v) is 20.3. The smallest absolute Gasteiger partial charge is 0.251 e. The molecular weight excluding hydrogens is 440 g/mol. The molecule has 0 aliphatic carbocycles. The van der Waals surface area contributed by atoms with E-state index in [9.17, 15) is 4.79 Å². The summed E-state index contributed by atoms with van der Waals surface area (Å²) in [6, 6.07) is 30.3. The minimum absolute atomic E-state index is 0.0542. The summed E-state index contributed by atoms with van der Waals surface area (Å²) in [5.41, 5.74) is 4.90. The van der Waals surface area contributed by atoms with Gasteiger partial charge in [-0.2, -0.15) is 0 Å². The molecule has 1 amide bonds. The van der Waals surface area contributed by atoms with Crippen molar-refractivity contribution in [2.75, 3.05) is 18.5 Å². The van der Waals surface area contributed by atoms with Crippen molar-refractivity contribution in [3.63, 3.8) is 0 Å². The SMILES string of the molecule is CCNC(=O)c1cccc(CSc2nc(-c3ccccc3)cc(N(C)Cc3ccccc3)n2)c1. The highest BCUT2D eigenvalue weighted by Crippen LogP contribution is 2.28. The highest BCUT2D eigenvalue weighted by Gasteiger charge is 2.12. The second-order valence-corrected chi connectivity index (χ2v) is 8.89. The standard InChI is InChI=1S/C28H28N4OS/c1-3-29-27(33)24-16-10-13-22(17-24)20-34-28-30-25(23-14-8-5-9-15-23)18-26(31-28)32(2)19-21-11-6-4-7-12-21/h4-18H,3,19-20H2,1-2H3,(H,29,33). The summed E-state index contributed by atoms with van der Waals surface area (Å²) >= 11 is 1.57. The van der Waals surface area contributed by atoms with E-state index < -0.39 is 0 Å². The third kappa shape index (κ3) is 6.23. The number of thioether (sulfide) groups is 1.